The fourth-order valence-electron chi connectivity index (χ4n) is 10.3. The van der Waals surface area contributed by atoms with E-state index in [2.05, 4.69) is 60.5 Å². The quantitative estimate of drug-likeness (QED) is 0.0216. The van der Waals surface area contributed by atoms with Gasteiger partial charge in [0.25, 0.3) is 0 Å². The van der Waals surface area contributed by atoms with Crippen molar-refractivity contribution in [1.82, 2.24) is 47.9 Å². The molecule has 0 fully saturated rings. The van der Waals surface area contributed by atoms with Crippen LogP contribution in [0.2, 0.25) is 0 Å². The summed E-state index contributed by atoms with van der Waals surface area (Å²) in [6.07, 6.45) is -33.0. The van der Waals surface area contributed by atoms with Gasteiger partial charge in [0.15, 0.2) is 0 Å². The molecule has 0 heterocycles. The number of aliphatic hydroxyl groups is 15. The summed E-state index contributed by atoms with van der Waals surface area (Å²) in [5.74, 6) is -15.6. The first-order valence-electron chi connectivity index (χ1n) is 32.7. The normalized spacial score (nSPS) is 17.1. The fraction of sp³-hybridized carbons (Fsp3) is 0.619. The van der Waals surface area contributed by atoms with Crippen molar-refractivity contribution in [2.45, 2.75) is 186 Å². The lowest BCUT2D eigenvalue weighted by atomic mass is 9.99. The van der Waals surface area contributed by atoms with Crippen molar-refractivity contribution in [2.75, 3.05) is 56.7 Å². The maximum Gasteiger partial charge on any atom is 0.327 e. The Morgan fingerprint density at radius 3 is 0.933 bits per heavy atom. The Labute approximate surface area is 604 Å². The lowest BCUT2D eigenvalue weighted by Gasteiger charge is -2.28. The number of hydrogen-bond donors (Lipinski definition) is 28. The van der Waals surface area contributed by atoms with E-state index in [1.54, 1.807) is 0 Å². The first-order valence-corrected chi connectivity index (χ1v) is 34.5. The molecule has 1 aliphatic rings. The van der Waals surface area contributed by atoms with Crippen LogP contribution in [0.15, 0.2) is 48.5 Å². The van der Waals surface area contributed by atoms with Crippen LogP contribution < -0.4 is 47.9 Å². The summed E-state index contributed by atoms with van der Waals surface area (Å²) < 4.78 is 0. The molecule has 2 aromatic rings. The molecule has 41 heteroatoms. The number of amides is 9. The number of thioether (sulfide) groups is 1. The predicted molar refractivity (Wildman–Crippen MR) is 363 cm³/mol. The van der Waals surface area contributed by atoms with Gasteiger partial charge in [0, 0.05) is 81.3 Å². The van der Waals surface area contributed by atoms with E-state index in [4.69, 9.17) is 10.2 Å². The number of carboxylic acid groups (broad SMARTS) is 3. The molecule has 104 heavy (non-hydrogen) atoms. The molecule has 9 amide bonds. The van der Waals surface area contributed by atoms with E-state index in [0.717, 1.165) is 22.3 Å². The van der Waals surface area contributed by atoms with E-state index in [0.29, 0.717) is 5.75 Å². The number of nitrogens with one attached hydrogen (secondary N) is 9. The number of thiol groups is 1. The second-order valence-corrected chi connectivity index (χ2v) is 25.8. The monoisotopic (exact) mass is 1520 g/mol. The summed E-state index contributed by atoms with van der Waals surface area (Å²) in [6.45, 7) is -5.63. The summed E-state index contributed by atoms with van der Waals surface area (Å²) in [5.41, 5.74) is 4.19. The first-order chi connectivity index (χ1) is 49.1. The zero-order valence-corrected chi connectivity index (χ0v) is 57.7. The summed E-state index contributed by atoms with van der Waals surface area (Å²) in [7, 11) is 0. The molecule has 0 aromatic heterocycles. The van der Waals surface area contributed by atoms with Gasteiger partial charge in [0.05, 0.1) is 38.1 Å². The minimum atomic E-state index is -2.19. The maximum atomic E-state index is 14.6. The number of aliphatic carboxylic acids is 3. The zero-order chi connectivity index (χ0) is 78.1. The molecule has 3 rings (SSSR count). The van der Waals surface area contributed by atoms with Gasteiger partial charge in [-0.05, 0) is 54.4 Å². The smallest absolute Gasteiger partial charge is 0.327 e. The van der Waals surface area contributed by atoms with Crippen molar-refractivity contribution in [3.8, 4) is 11.1 Å². The summed E-state index contributed by atoms with van der Waals surface area (Å²) in [4.78, 5) is 161. The first kappa shape index (κ1) is 90.4. The Morgan fingerprint density at radius 1 is 0.365 bits per heavy atom. The van der Waals surface area contributed by atoms with Crippen molar-refractivity contribution in [3.63, 3.8) is 0 Å². The highest BCUT2D eigenvalue weighted by Crippen LogP contribution is 2.45. The van der Waals surface area contributed by atoms with Crippen molar-refractivity contribution < 1.29 is 149 Å². The molecule has 0 bridgehead atoms. The molecule has 27 N–H and O–H groups in total. The Morgan fingerprint density at radius 2 is 0.644 bits per heavy atom. The van der Waals surface area contributed by atoms with Crippen LogP contribution in [0.3, 0.4) is 0 Å². The van der Waals surface area contributed by atoms with Crippen LogP contribution >= 0.6 is 24.4 Å². The zero-order valence-electron chi connectivity index (χ0n) is 56.0. The highest BCUT2D eigenvalue weighted by molar-refractivity contribution is 7.99. The van der Waals surface area contributed by atoms with Crippen molar-refractivity contribution in [1.29, 1.82) is 0 Å². The third-order valence-electron chi connectivity index (χ3n) is 16.5. The molecule has 0 aliphatic heterocycles. The number of aliphatic hydroxyl groups excluding tert-OH is 15. The average molecular weight is 1520 g/mol. The molecule has 18 atom stereocenters. The van der Waals surface area contributed by atoms with Gasteiger partial charge in [0.2, 0.25) is 53.2 Å². The third kappa shape index (κ3) is 30.0. The van der Waals surface area contributed by atoms with E-state index in [1.165, 1.54) is 11.8 Å². The Hall–Kier alpha value is -7.82. The van der Waals surface area contributed by atoms with Gasteiger partial charge in [-0.3, -0.25) is 52.7 Å². The molecule has 584 valence electrons. The van der Waals surface area contributed by atoms with Crippen LogP contribution in [0, 0.1) is 0 Å². The van der Waals surface area contributed by atoms with Crippen LogP contribution in [0.4, 0.5) is 0 Å². The second kappa shape index (κ2) is 46.2. The molecule has 0 saturated carbocycles. The summed E-state index contributed by atoms with van der Waals surface area (Å²) in [6, 6.07) is 3.73. The van der Waals surface area contributed by atoms with Crippen molar-refractivity contribution in [2.24, 2.45) is 0 Å². The molecule has 39 nitrogen and oxygen atoms in total. The van der Waals surface area contributed by atoms with Gasteiger partial charge in [-0.15, -0.1) is 0 Å². The highest BCUT2D eigenvalue weighted by atomic mass is 32.2. The van der Waals surface area contributed by atoms with Crippen LogP contribution in [-0.2, 0) is 57.5 Å². The maximum absolute atomic E-state index is 14.6. The van der Waals surface area contributed by atoms with Crippen LogP contribution in [0.5, 0.6) is 0 Å². The van der Waals surface area contributed by atoms with Crippen LogP contribution in [-0.4, -0.2) is 329 Å². The number of rotatable bonds is 51. The van der Waals surface area contributed by atoms with Gasteiger partial charge >= 0.3 is 17.9 Å². The lowest BCUT2D eigenvalue weighted by Crippen LogP contribution is -2.59. The van der Waals surface area contributed by atoms with Crippen molar-refractivity contribution >= 4 is 95.5 Å². The number of hydrogen-bond acceptors (Lipinski definition) is 29. The molecule has 3 unspecified atom stereocenters. The lowest BCUT2D eigenvalue weighted by molar-refractivity contribution is -0.142. The summed E-state index contributed by atoms with van der Waals surface area (Å²) in [5, 5.41) is 198. The standard InChI is InChI=1S/C63H95N9O30S2/c73-24-43(79)55(93)52(90)40(76)21-64-46(82)14-9-34(67-49(85)19-20-104-28-33-31-7-3-1-5-29(31)30-6-2-4-8-32(30)33)58(96)70-37(12-17-50(86)87)60(98)68-35(10-15-47(83)65-22-41(77)53(91)56(94)44(80)25-74)59(97)71-38(13-18-51(88)89)61(99)69-36(62(100)72-39(27-103)63(101)102)11-16-48(84)66-23-42(78)54(92)57(95)45(81)26-75/h1-8,33-45,52-57,73-81,90-95,103H,9-28H2,(H,64,82)(H,65,83)(H,66,84)(H,67,85)(H,68,98)(H,69,99)(H,70,96)(H,71,97)(H,72,100)(H,86,87)(H,88,89)(H,101,102)/t34-,35?,36?,37-,38-,39?,40-,41-,42-,43+,44+,45+,52+,53+,54+,55+,56+,57+/m0/s1. The Kier molecular flexibility index (Phi) is 40.2. The molecular formula is C63H95N9O30S2. The molecule has 0 saturated heterocycles. The molecule has 1 aliphatic carbocycles. The number of fused-ring (bicyclic) bond motifs is 3. The number of carbonyl (C=O) groups is 12. The van der Waals surface area contributed by atoms with E-state index in [-0.39, 0.29) is 18.1 Å². The fourth-order valence-corrected chi connectivity index (χ4v) is 11.6. The molecule has 2 aromatic carbocycles. The van der Waals surface area contributed by atoms with E-state index in [1.807, 2.05) is 48.5 Å². The van der Waals surface area contributed by atoms with E-state index in [9.17, 15) is 139 Å². The average Bonchev–Trinajstić information content (AvgIpc) is 1.62. The van der Waals surface area contributed by atoms with Crippen molar-refractivity contribution in [3.05, 3.63) is 59.7 Å². The number of benzene rings is 2. The van der Waals surface area contributed by atoms with E-state index >= 15 is 0 Å². The van der Waals surface area contributed by atoms with Gasteiger partial charge < -0.3 is 140 Å². The largest absolute Gasteiger partial charge is 0.481 e. The van der Waals surface area contributed by atoms with Crippen LogP contribution in [0.1, 0.15) is 87.7 Å². The topological polar surface area (TPSA) is 677 Å². The Balaban J connectivity index is 2.03. The minimum Gasteiger partial charge on any atom is -0.481 e. The van der Waals surface area contributed by atoms with E-state index < -0.39 is 290 Å². The Bertz CT molecular complexity index is 3120. The number of carbonyl (C=O) groups excluding carboxylic acids is 9. The highest BCUT2D eigenvalue weighted by Gasteiger charge is 2.38. The minimum absolute atomic E-state index is 0.0607. The molecule has 0 radical (unpaired) electrons. The second-order valence-electron chi connectivity index (χ2n) is 24.3. The van der Waals surface area contributed by atoms with Crippen LogP contribution in [0.25, 0.3) is 11.1 Å². The summed E-state index contributed by atoms with van der Waals surface area (Å²) >= 11 is 5.27. The van der Waals surface area contributed by atoms with Gasteiger partial charge in [0.1, 0.15) is 91.2 Å². The SMILES string of the molecule is O=C(O)CC[C@H](NC(=O)C(CCC(=O)NC[C@H](O)[C@@H](O)[C@H](O)[C@H](O)CO)NC(=O)[C@H](CCC(=O)O)NC(=O)[C@H](CCC(=O)NC[C@H](O)[C@@H](O)[C@H](O)[C@H](O)CO)NC(=O)CCSCC1c2ccccc2-c2ccccc21)C(=O)NC(CCC(=O)NC[C@H](O)[C@@H](O)[C@H](O)[C@H](O)CO)C(=O)NC(CS)C(=O)O. The third-order valence-corrected chi connectivity index (χ3v) is 17.9. The number of carboxylic acids is 3. The molecule has 0 spiro atoms. The molecular weight excluding hydrogens is 1430 g/mol. The van der Waals surface area contributed by atoms with Gasteiger partial charge in [-0.2, -0.15) is 24.4 Å². The van der Waals surface area contributed by atoms with Gasteiger partial charge in [-0.1, -0.05) is 48.5 Å². The predicted octanol–water partition coefficient (Wildman–Crippen LogP) is -10.4. The van der Waals surface area contributed by atoms with Gasteiger partial charge in [-0.25, -0.2) is 4.79 Å².